The van der Waals surface area contributed by atoms with Crippen LogP contribution in [0, 0.1) is 5.82 Å². The average Bonchev–Trinajstić information content (AvgIpc) is 3.43. The number of benzene rings is 1. The highest BCUT2D eigenvalue weighted by Crippen LogP contribution is 2.41. The highest BCUT2D eigenvalue weighted by atomic mass is 19.3. The molecule has 4 heterocycles. The summed E-state index contributed by atoms with van der Waals surface area (Å²) in [5, 5.41) is 7.95. The van der Waals surface area contributed by atoms with Gasteiger partial charge < -0.3 is 19.4 Å². The molecule has 5 rings (SSSR count). The highest BCUT2D eigenvalue weighted by Gasteiger charge is 2.46. The van der Waals surface area contributed by atoms with Crippen molar-refractivity contribution < 1.29 is 22.6 Å². The molecule has 0 spiro atoms. The number of aryl methyl sites for hydroxylation is 1. The van der Waals surface area contributed by atoms with Crippen LogP contribution in [0.25, 0.3) is 10.8 Å². The van der Waals surface area contributed by atoms with Crippen molar-refractivity contribution in [2.75, 3.05) is 25.1 Å². The zero-order valence-electron chi connectivity index (χ0n) is 20.7. The van der Waals surface area contributed by atoms with Crippen LogP contribution in [0.1, 0.15) is 55.8 Å². The second-order valence-electron chi connectivity index (χ2n) is 9.67. The standard InChI is InChI=1S/C26H29F3N4O4/c1-15(17-5-3-6-20(23(17)27)26(28,29)21-7-4-10-37-21)30-24-19-14-33(16-8-11-36-12-9-16)22(34)13-18(19)25(35)32(2)31-24/h3,5-6,13-16,21H,4,7-12H2,1-2H3,(H,30,31)/t15-,21?/m1/s1. The van der Waals surface area contributed by atoms with E-state index >= 15 is 13.2 Å². The summed E-state index contributed by atoms with van der Waals surface area (Å²) < 4.78 is 58.9. The lowest BCUT2D eigenvalue weighted by molar-refractivity contribution is -0.124. The molecule has 0 radical (unpaired) electrons. The van der Waals surface area contributed by atoms with E-state index in [2.05, 4.69) is 10.4 Å². The van der Waals surface area contributed by atoms with Gasteiger partial charge in [-0.15, -0.1) is 0 Å². The normalized spacial score (nSPS) is 19.9. The van der Waals surface area contributed by atoms with Gasteiger partial charge in [-0.05, 0) is 38.7 Å². The fourth-order valence-electron chi connectivity index (χ4n) is 5.15. The van der Waals surface area contributed by atoms with Crippen LogP contribution in [0.2, 0.25) is 0 Å². The summed E-state index contributed by atoms with van der Waals surface area (Å²) in [5.74, 6) is -4.25. The van der Waals surface area contributed by atoms with Gasteiger partial charge in [-0.1, -0.05) is 12.1 Å². The minimum Gasteiger partial charge on any atom is -0.381 e. The number of aromatic nitrogens is 3. The molecule has 3 aromatic rings. The molecule has 2 fully saturated rings. The predicted octanol–water partition coefficient (Wildman–Crippen LogP) is 4.03. The van der Waals surface area contributed by atoms with Crippen LogP contribution in [-0.2, 0) is 22.4 Å². The minimum atomic E-state index is -3.47. The Morgan fingerprint density at radius 2 is 1.89 bits per heavy atom. The van der Waals surface area contributed by atoms with Crippen molar-refractivity contribution in [1.29, 1.82) is 0 Å². The molecule has 1 unspecified atom stereocenters. The maximum absolute atomic E-state index is 15.5. The van der Waals surface area contributed by atoms with Crippen molar-refractivity contribution in [2.24, 2.45) is 7.05 Å². The SMILES string of the molecule is C[C@@H](Nc1nn(C)c(=O)c2cc(=O)n(C3CCOCC3)cc12)c1cccc(C(F)(F)C2CCCO2)c1F. The van der Waals surface area contributed by atoms with E-state index in [0.717, 1.165) is 10.7 Å². The number of rotatable bonds is 6. The molecule has 37 heavy (non-hydrogen) atoms. The smallest absolute Gasteiger partial charge is 0.301 e. The van der Waals surface area contributed by atoms with Gasteiger partial charge in [0.2, 0.25) is 0 Å². The van der Waals surface area contributed by atoms with Crippen LogP contribution >= 0.6 is 0 Å². The first kappa shape index (κ1) is 25.5. The van der Waals surface area contributed by atoms with E-state index in [1.165, 1.54) is 25.2 Å². The Labute approximate surface area is 211 Å². The molecule has 8 nitrogen and oxygen atoms in total. The van der Waals surface area contributed by atoms with Gasteiger partial charge in [0.15, 0.2) is 5.82 Å². The molecule has 0 aliphatic carbocycles. The molecule has 2 atom stereocenters. The molecule has 198 valence electrons. The summed E-state index contributed by atoms with van der Waals surface area (Å²) in [5.41, 5.74) is -1.44. The van der Waals surface area contributed by atoms with Gasteiger partial charge in [-0.2, -0.15) is 13.9 Å². The number of fused-ring (bicyclic) bond motifs is 1. The number of nitrogens with zero attached hydrogens (tertiary/aromatic N) is 3. The molecule has 2 aliphatic heterocycles. The molecule has 11 heteroatoms. The van der Waals surface area contributed by atoms with Gasteiger partial charge in [-0.3, -0.25) is 9.59 Å². The van der Waals surface area contributed by atoms with Crippen LogP contribution in [0.5, 0.6) is 0 Å². The largest absolute Gasteiger partial charge is 0.381 e. The fourth-order valence-corrected chi connectivity index (χ4v) is 5.15. The van der Waals surface area contributed by atoms with Crippen LogP contribution in [-0.4, -0.2) is 40.3 Å². The molecule has 0 saturated carbocycles. The van der Waals surface area contributed by atoms with Gasteiger partial charge in [0.25, 0.3) is 11.1 Å². The predicted molar refractivity (Wildman–Crippen MR) is 132 cm³/mol. The molecule has 0 amide bonds. The van der Waals surface area contributed by atoms with Crippen LogP contribution in [0.3, 0.4) is 0 Å². The first-order valence-electron chi connectivity index (χ1n) is 12.4. The lowest BCUT2D eigenvalue weighted by Crippen LogP contribution is -2.32. The maximum Gasteiger partial charge on any atom is 0.301 e. The Bertz CT molecular complexity index is 1430. The number of halogens is 3. The average molecular weight is 519 g/mol. The molecule has 2 saturated heterocycles. The van der Waals surface area contributed by atoms with E-state index in [1.807, 2.05) is 0 Å². The zero-order valence-corrected chi connectivity index (χ0v) is 20.7. The Hall–Kier alpha value is -3.18. The summed E-state index contributed by atoms with van der Waals surface area (Å²) in [4.78, 5) is 25.6. The van der Waals surface area contributed by atoms with E-state index in [1.54, 1.807) is 17.7 Å². The fraction of sp³-hybridized carbons (Fsp3) is 0.500. The van der Waals surface area contributed by atoms with Crippen LogP contribution in [0.4, 0.5) is 19.0 Å². The summed E-state index contributed by atoms with van der Waals surface area (Å²) >= 11 is 0. The Balaban J connectivity index is 1.53. The van der Waals surface area contributed by atoms with Crippen molar-refractivity contribution >= 4 is 16.6 Å². The maximum atomic E-state index is 15.5. The molecule has 1 N–H and O–H groups in total. The van der Waals surface area contributed by atoms with Crippen LogP contribution < -0.4 is 16.4 Å². The van der Waals surface area contributed by atoms with Gasteiger partial charge >= 0.3 is 5.92 Å². The molecule has 0 bridgehead atoms. The number of alkyl halides is 2. The van der Waals surface area contributed by atoms with Crippen molar-refractivity contribution in [2.45, 2.75) is 56.7 Å². The van der Waals surface area contributed by atoms with E-state index < -0.39 is 35.0 Å². The Morgan fingerprint density at radius 1 is 1.14 bits per heavy atom. The molecule has 2 aliphatic rings. The number of anilines is 1. The van der Waals surface area contributed by atoms with Crippen molar-refractivity contribution in [3.63, 3.8) is 0 Å². The van der Waals surface area contributed by atoms with Crippen molar-refractivity contribution in [3.05, 3.63) is 68.1 Å². The molecule has 1 aromatic carbocycles. The molecule has 2 aromatic heterocycles. The second kappa shape index (κ2) is 9.94. The van der Waals surface area contributed by atoms with Gasteiger partial charge in [0.05, 0.1) is 17.0 Å². The van der Waals surface area contributed by atoms with Gasteiger partial charge in [0, 0.05) is 56.1 Å². The number of hydrogen-bond donors (Lipinski definition) is 1. The van der Waals surface area contributed by atoms with E-state index in [4.69, 9.17) is 9.47 Å². The third-order valence-electron chi connectivity index (χ3n) is 7.24. The van der Waals surface area contributed by atoms with E-state index in [9.17, 15) is 9.59 Å². The Kier molecular flexibility index (Phi) is 6.84. The number of hydrogen-bond acceptors (Lipinski definition) is 6. The third kappa shape index (κ3) is 4.66. The van der Waals surface area contributed by atoms with Gasteiger partial charge in [0.1, 0.15) is 11.9 Å². The lowest BCUT2D eigenvalue weighted by atomic mass is 9.96. The first-order chi connectivity index (χ1) is 17.7. The van der Waals surface area contributed by atoms with Crippen molar-refractivity contribution in [3.8, 4) is 0 Å². The zero-order chi connectivity index (χ0) is 26.3. The summed E-state index contributed by atoms with van der Waals surface area (Å²) in [6.07, 6.45) is 2.20. The van der Waals surface area contributed by atoms with E-state index in [-0.39, 0.29) is 41.4 Å². The van der Waals surface area contributed by atoms with E-state index in [0.29, 0.717) is 37.9 Å². The monoisotopic (exact) mass is 518 g/mol. The number of nitrogens with one attached hydrogen (secondary N) is 1. The number of ether oxygens (including phenoxy) is 2. The topological polar surface area (TPSA) is 87.4 Å². The highest BCUT2D eigenvalue weighted by molar-refractivity contribution is 5.90. The first-order valence-corrected chi connectivity index (χ1v) is 12.4. The lowest BCUT2D eigenvalue weighted by Gasteiger charge is -2.26. The number of pyridine rings is 1. The summed E-state index contributed by atoms with van der Waals surface area (Å²) in [6.45, 7) is 2.90. The minimum absolute atomic E-state index is 0.0247. The van der Waals surface area contributed by atoms with Crippen molar-refractivity contribution in [1.82, 2.24) is 14.3 Å². The summed E-state index contributed by atoms with van der Waals surface area (Å²) in [7, 11) is 1.45. The molecular weight excluding hydrogens is 489 g/mol. The molecular formula is C26H29F3N4O4. The third-order valence-corrected chi connectivity index (χ3v) is 7.24. The Morgan fingerprint density at radius 3 is 2.59 bits per heavy atom. The second-order valence-corrected chi connectivity index (χ2v) is 9.67. The van der Waals surface area contributed by atoms with Crippen LogP contribution in [0.15, 0.2) is 40.1 Å². The van der Waals surface area contributed by atoms with Gasteiger partial charge in [-0.25, -0.2) is 9.07 Å². The quantitative estimate of drug-likeness (QED) is 0.530. The summed E-state index contributed by atoms with van der Waals surface area (Å²) in [6, 6.07) is 4.33.